The Balaban J connectivity index is 2.16. The van der Waals surface area contributed by atoms with E-state index < -0.39 is 0 Å². The van der Waals surface area contributed by atoms with Gasteiger partial charge in [-0.2, -0.15) is 0 Å². The standard InChI is InChI=1S/C15H24N2O/c1-11-5-6-13-9-14(7-8-15(13)16-11)17(3)12(2)10-18-4/h7-9,11-12,16H,5-6,10H2,1-4H3. The van der Waals surface area contributed by atoms with Gasteiger partial charge in [0.2, 0.25) is 0 Å². The highest BCUT2D eigenvalue weighted by Gasteiger charge is 2.16. The summed E-state index contributed by atoms with van der Waals surface area (Å²) >= 11 is 0. The summed E-state index contributed by atoms with van der Waals surface area (Å²) in [7, 11) is 3.88. The minimum Gasteiger partial charge on any atom is -0.383 e. The summed E-state index contributed by atoms with van der Waals surface area (Å²) in [4.78, 5) is 2.28. The molecule has 3 heteroatoms. The van der Waals surface area contributed by atoms with Gasteiger partial charge in [0.25, 0.3) is 0 Å². The number of likely N-dealkylation sites (N-methyl/N-ethyl adjacent to an activating group) is 1. The number of hydrogen-bond donors (Lipinski definition) is 1. The maximum atomic E-state index is 5.22. The van der Waals surface area contributed by atoms with E-state index in [1.807, 2.05) is 0 Å². The summed E-state index contributed by atoms with van der Waals surface area (Å²) in [6.07, 6.45) is 2.39. The van der Waals surface area contributed by atoms with E-state index in [0.29, 0.717) is 12.1 Å². The Kier molecular flexibility index (Phi) is 4.12. The summed E-state index contributed by atoms with van der Waals surface area (Å²) in [5.41, 5.74) is 4.00. The van der Waals surface area contributed by atoms with Gasteiger partial charge in [-0.15, -0.1) is 0 Å². The van der Waals surface area contributed by atoms with Gasteiger partial charge in [0, 0.05) is 37.6 Å². The van der Waals surface area contributed by atoms with Gasteiger partial charge < -0.3 is 15.0 Å². The maximum Gasteiger partial charge on any atom is 0.0663 e. The van der Waals surface area contributed by atoms with Gasteiger partial charge in [-0.1, -0.05) is 0 Å². The topological polar surface area (TPSA) is 24.5 Å². The second-order valence-corrected chi connectivity index (χ2v) is 5.34. The quantitative estimate of drug-likeness (QED) is 0.886. The second-order valence-electron chi connectivity index (χ2n) is 5.34. The number of nitrogens with zero attached hydrogens (tertiary/aromatic N) is 1. The third-order valence-corrected chi connectivity index (χ3v) is 3.81. The van der Waals surface area contributed by atoms with Crippen LogP contribution in [0.25, 0.3) is 0 Å². The average molecular weight is 248 g/mol. The summed E-state index contributed by atoms with van der Waals surface area (Å²) in [5.74, 6) is 0. The normalized spacial score (nSPS) is 19.9. The molecule has 0 radical (unpaired) electrons. The zero-order valence-electron chi connectivity index (χ0n) is 11.9. The Morgan fingerprint density at radius 3 is 3.00 bits per heavy atom. The Labute approximate surface area is 110 Å². The zero-order chi connectivity index (χ0) is 13.1. The molecular weight excluding hydrogens is 224 g/mol. The molecule has 0 aliphatic carbocycles. The fourth-order valence-corrected chi connectivity index (χ4v) is 2.46. The van der Waals surface area contributed by atoms with Crippen molar-refractivity contribution in [2.45, 2.75) is 38.8 Å². The molecule has 0 saturated heterocycles. The molecule has 1 heterocycles. The smallest absolute Gasteiger partial charge is 0.0663 e. The molecule has 0 bridgehead atoms. The van der Waals surface area contributed by atoms with Crippen molar-refractivity contribution >= 4 is 11.4 Å². The van der Waals surface area contributed by atoms with Gasteiger partial charge in [0.05, 0.1) is 6.61 Å². The van der Waals surface area contributed by atoms with Crippen molar-refractivity contribution in [1.82, 2.24) is 0 Å². The molecule has 18 heavy (non-hydrogen) atoms. The molecule has 2 rings (SSSR count). The zero-order valence-corrected chi connectivity index (χ0v) is 11.9. The number of hydrogen-bond acceptors (Lipinski definition) is 3. The molecule has 100 valence electrons. The first-order valence-electron chi connectivity index (χ1n) is 6.73. The van der Waals surface area contributed by atoms with Crippen LogP contribution in [-0.4, -0.2) is 32.8 Å². The molecule has 0 amide bonds. The van der Waals surface area contributed by atoms with Crippen molar-refractivity contribution in [1.29, 1.82) is 0 Å². The first-order chi connectivity index (χ1) is 8.61. The van der Waals surface area contributed by atoms with Gasteiger partial charge in [-0.25, -0.2) is 0 Å². The van der Waals surface area contributed by atoms with Crippen molar-refractivity contribution < 1.29 is 4.74 Å². The lowest BCUT2D eigenvalue weighted by atomic mass is 9.98. The van der Waals surface area contributed by atoms with Crippen LogP contribution >= 0.6 is 0 Å². The van der Waals surface area contributed by atoms with Crippen molar-refractivity contribution in [3.8, 4) is 0 Å². The van der Waals surface area contributed by atoms with Crippen LogP contribution in [0.5, 0.6) is 0 Å². The minimum absolute atomic E-state index is 0.392. The fourth-order valence-electron chi connectivity index (χ4n) is 2.46. The molecule has 0 aromatic heterocycles. The minimum atomic E-state index is 0.392. The SMILES string of the molecule is COCC(C)N(C)c1ccc2c(c1)CCC(C)N2. The molecule has 1 aliphatic heterocycles. The third-order valence-electron chi connectivity index (χ3n) is 3.81. The van der Waals surface area contributed by atoms with Crippen molar-refractivity contribution in [3.05, 3.63) is 23.8 Å². The molecule has 2 atom stereocenters. The van der Waals surface area contributed by atoms with E-state index in [0.717, 1.165) is 6.61 Å². The highest BCUT2D eigenvalue weighted by molar-refractivity contribution is 5.62. The first kappa shape index (κ1) is 13.2. The van der Waals surface area contributed by atoms with E-state index in [-0.39, 0.29) is 0 Å². The molecular formula is C15H24N2O. The summed E-state index contributed by atoms with van der Waals surface area (Å²) in [5, 5.41) is 3.54. The van der Waals surface area contributed by atoms with Gasteiger partial charge in [-0.05, 0) is 50.5 Å². The summed E-state index contributed by atoms with van der Waals surface area (Å²) < 4.78 is 5.22. The van der Waals surface area contributed by atoms with Gasteiger partial charge >= 0.3 is 0 Å². The van der Waals surface area contributed by atoms with Crippen molar-refractivity contribution in [2.75, 3.05) is 31.0 Å². The highest BCUT2D eigenvalue weighted by Crippen LogP contribution is 2.29. The molecule has 1 aromatic rings. The molecule has 2 unspecified atom stereocenters. The van der Waals surface area contributed by atoms with Crippen molar-refractivity contribution in [3.63, 3.8) is 0 Å². The lowest BCUT2D eigenvalue weighted by molar-refractivity contribution is 0.183. The maximum absolute atomic E-state index is 5.22. The van der Waals surface area contributed by atoms with E-state index >= 15 is 0 Å². The van der Waals surface area contributed by atoms with Gasteiger partial charge in [0.1, 0.15) is 0 Å². The third kappa shape index (κ3) is 2.78. The molecule has 1 N–H and O–H groups in total. The molecule has 0 saturated carbocycles. The van der Waals surface area contributed by atoms with Crippen LogP contribution in [0.2, 0.25) is 0 Å². The molecule has 0 fully saturated rings. The number of ether oxygens (including phenoxy) is 1. The van der Waals surface area contributed by atoms with E-state index in [1.165, 1.54) is 29.8 Å². The van der Waals surface area contributed by atoms with Crippen LogP contribution in [0.15, 0.2) is 18.2 Å². The molecule has 1 aromatic carbocycles. The van der Waals surface area contributed by atoms with Crippen LogP contribution in [-0.2, 0) is 11.2 Å². The Bertz CT molecular complexity index is 405. The van der Waals surface area contributed by atoms with Gasteiger partial charge in [-0.3, -0.25) is 0 Å². The lowest BCUT2D eigenvalue weighted by Crippen LogP contribution is -2.32. The van der Waals surface area contributed by atoms with E-state index in [4.69, 9.17) is 4.74 Å². The monoisotopic (exact) mass is 248 g/mol. The van der Waals surface area contributed by atoms with E-state index in [1.54, 1.807) is 7.11 Å². The second kappa shape index (κ2) is 5.61. The number of nitrogens with one attached hydrogen (secondary N) is 1. The van der Waals surface area contributed by atoms with Crippen LogP contribution < -0.4 is 10.2 Å². The Morgan fingerprint density at radius 2 is 2.28 bits per heavy atom. The summed E-state index contributed by atoms with van der Waals surface area (Å²) in [6.45, 7) is 5.18. The average Bonchev–Trinajstić information content (AvgIpc) is 2.37. The number of rotatable bonds is 4. The first-order valence-corrected chi connectivity index (χ1v) is 6.73. The Hall–Kier alpha value is -1.22. The Morgan fingerprint density at radius 1 is 1.50 bits per heavy atom. The number of anilines is 2. The predicted molar refractivity (Wildman–Crippen MR) is 77.6 cm³/mol. The largest absolute Gasteiger partial charge is 0.383 e. The van der Waals surface area contributed by atoms with Crippen LogP contribution in [0, 0.1) is 0 Å². The van der Waals surface area contributed by atoms with E-state index in [9.17, 15) is 0 Å². The van der Waals surface area contributed by atoms with Crippen LogP contribution in [0.4, 0.5) is 11.4 Å². The molecule has 3 nitrogen and oxygen atoms in total. The van der Waals surface area contributed by atoms with Gasteiger partial charge in [0.15, 0.2) is 0 Å². The number of benzene rings is 1. The lowest BCUT2D eigenvalue weighted by Gasteiger charge is -2.29. The fraction of sp³-hybridized carbons (Fsp3) is 0.600. The molecule has 0 spiro atoms. The van der Waals surface area contributed by atoms with Crippen LogP contribution in [0.3, 0.4) is 0 Å². The van der Waals surface area contributed by atoms with E-state index in [2.05, 4.69) is 49.3 Å². The predicted octanol–water partition coefficient (Wildman–Crippen LogP) is 2.90. The number of methoxy groups -OCH3 is 1. The molecule has 1 aliphatic rings. The van der Waals surface area contributed by atoms with Crippen molar-refractivity contribution in [2.24, 2.45) is 0 Å². The number of aryl methyl sites for hydroxylation is 1. The summed E-state index contributed by atoms with van der Waals surface area (Å²) in [6, 6.07) is 7.68. The highest BCUT2D eigenvalue weighted by atomic mass is 16.5. The van der Waals surface area contributed by atoms with Crippen LogP contribution in [0.1, 0.15) is 25.8 Å². The number of fused-ring (bicyclic) bond motifs is 1.